The summed E-state index contributed by atoms with van der Waals surface area (Å²) in [5, 5.41) is 1.17. The van der Waals surface area contributed by atoms with E-state index >= 15 is 0 Å². The molecule has 0 saturated heterocycles. The Morgan fingerprint density at radius 2 is 1.89 bits per heavy atom. The molecule has 0 saturated carbocycles. The fraction of sp³-hybridized carbons (Fsp3) is 0.400. The Kier molecular flexibility index (Phi) is 4.28. The Morgan fingerprint density at radius 1 is 1.17 bits per heavy atom. The molecule has 0 bridgehead atoms. The lowest BCUT2D eigenvalue weighted by atomic mass is 9.88. The van der Waals surface area contributed by atoms with E-state index in [0.717, 1.165) is 18.4 Å². The maximum absolute atomic E-state index is 5.77. The van der Waals surface area contributed by atoms with Gasteiger partial charge in [0.1, 0.15) is 0 Å². The number of benzene rings is 1. The van der Waals surface area contributed by atoms with Gasteiger partial charge in [0.05, 0.1) is 11.6 Å². The molecule has 96 valence electrons. The van der Waals surface area contributed by atoms with Crippen LogP contribution in [0.3, 0.4) is 0 Å². The summed E-state index contributed by atoms with van der Waals surface area (Å²) in [5.74, 6) is 6.30. The van der Waals surface area contributed by atoms with E-state index in [9.17, 15) is 0 Å². The third-order valence-electron chi connectivity index (χ3n) is 3.70. The van der Waals surface area contributed by atoms with Gasteiger partial charge >= 0.3 is 0 Å². The second kappa shape index (κ2) is 5.94. The van der Waals surface area contributed by atoms with E-state index in [0.29, 0.717) is 5.92 Å². The van der Waals surface area contributed by atoms with E-state index in [-0.39, 0.29) is 6.04 Å². The third kappa shape index (κ3) is 2.37. The van der Waals surface area contributed by atoms with Crippen LogP contribution in [0.15, 0.2) is 36.5 Å². The topological polar surface area (TPSA) is 50.9 Å². The first kappa shape index (κ1) is 13.0. The van der Waals surface area contributed by atoms with Crippen LogP contribution in [0.25, 0.3) is 10.9 Å². The van der Waals surface area contributed by atoms with E-state index in [1.165, 1.54) is 10.9 Å². The predicted molar refractivity (Wildman–Crippen MR) is 75.9 cm³/mol. The average molecular weight is 243 g/mol. The highest BCUT2D eigenvalue weighted by atomic mass is 15.2. The van der Waals surface area contributed by atoms with Crippen LogP contribution in [0.1, 0.15) is 38.3 Å². The number of hydrazine groups is 1. The zero-order chi connectivity index (χ0) is 13.0. The Balaban J connectivity index is 2.51. The van der Waals surface area contributed by atoms with Crippen LogP contribution >= 0.6 is 0 Å². The molecule has 18 heavy (non-hydrogen) atoms. The summed E-state index contributed by atoms with van der Waals surface area (Å²) in [7, 11) is 0. The summed E-state index contributed by atoms with van der Waals surface area (Å²) in [5.41, 5.74) is 5.22. The fourth-order valence-electron chi connectivity index (χ4n) is 2.62. The van der Waals surface area contributed by atoms with E-state index in [2.05, 4.69) is 48.5 Å². The normalized spacial score (nSPS) is 13.1. The van der Waals surface area contributed by atoms with Crippen LogP contribution in [0.4, 0.5) is 0 Å². The van der Waals surface area contributed by atoms with Crippen LogP contribution in [0, 0.1) is 5.92 Å². The first-order valence-corrected chi connectivity index (χ1v) is 6.61. The Labute approximate surface area is 108 Å². The molecule has 2 rings (SSSR count). The minimum absolute atomic E-state index is 0.165. The first-order chi connectivity index (χ1) is 8.81. The minimum atomic E-state index is 0.165. The number of nitrogens with one attached hydrogen (secondary N) is 1. The summed E-state index contributed by atoms with van der Waals surface area (Å²) in [6.45, 7) is 4.41. The molecule has 0 amide bonds. The number of nitrogens with two attached hydrogens (primary N) is 1. The summed E-state index contributed by atoms with van der Waals surface area (Å²) in [6.07, 6.45) is 4.05. The highest BCUT2D eigenvalue weighted by molar-refractivity contribution is 5.82. The molecule has 1 unspecified atom stereocenters. The summed E-state index contributed by atoms with van der Waals surface area (Å²) < 4.78 is 0. The van der Waals surface area contributed by atoms with Crippen LogP contribution in [0.5, 0.6) is 0 Å². The highest BCUT2D eigenvalue weighted by Gasteiger charge is 2.21. The molecule has 3 heteroatoms. The number of aromatic nitrogens is 1. The van der Waals surface area contributed by atoms with E-state index in [1.54, 1.807) is 0 Å². The third-order valence-corrected chi connectivity index (χ3v) is 3.70. The van der Waals surface area contributed by atoms with Crippen LogP contribution in [-0.4, -0.2) is 4.98 Å². The van der Waals surface area contributed by atoms with Crippen molar-refractivity contribution >= 4 is 10.9 Å². The molecule has 3 nitrogen and oxygen atoms in total. The van der Waals surface area contributed by atoms with Gasteiger partial charge < -0.3 is 0 Å². The molecule has 1 aromatic carbocycles. The smallest absolute Gasteiger partial charge is 0.0750 e. The van der Waals surface area contributed by atoms with Crippen molar-refractivity contribution in [2.24, 2.45) is 11.8 Å². The maximum atomic E-state index is 5.77. The lowest BCUT2D eigenvalue weighted by molar-refractivity contribution is 0.347. The van der Waals surface area contributed by atoms with Gasteiger partial charge in [0, 0.05) is 11.6 Å². The van der Waals surface area contributed by atoms with Gasteiger partial charge in [-0.05, 0) is 17.5 Å². The van der Waals surface area contributed by atoms with Gasteiger partial charge in [0.15, 0.2) is 0 Å². The molecular formula is C15H21N3. The monoisotopic (exact) mass is 243 g/mol. The van der Waals surface area contributed by atoms with E-state index in [1.807, 2.05) is 12.3 Å². The molecule has 0 radical (unpaired) electrons. The summed E-state index contributed by atoms with van der Waals surface area (Å²) in [4.78, 5) is 4.51. The van der Waals surface area contributed by atoms with Crippen molar-refractivity contribution in [1.82, 2.24) is 10.4 Å². The summed E-state index contributed by atoms with van der Waals surface area (Å²) >= 11 is 0. The molecule has 0 spiro atoms. The Morgan fingerprint density at radius 3 is 2.56 bits per heavy atom. The lowest BCUT2D eigenvalue weighted by Gasteiger charge is -2.25. The van der Waals surface area contributed by atoms with Crippen molar-refractivity contribution in [3.8, 4) is 0 Å². The molecule has 1 heterocycles. The van der Waals surface area contributed by atoms with Crippen molar-refractivity contribution < 1.29 is 0 Å². The van der Waals surface area contributed by atoms with Crippen molar-refractivity contribution in [2.45, 2.75) is 32.7 Å². The van der Waals surface area contributed by atoms with Gasteiger partial charge in [0.2, 0.25) is 0 Å². The summed E-state index contributed by atoms with van der Waals surface area (Å²) in [6, 6.07) is 10.5. The van der Waals surface area contributed by atoms with Gasteiger partial charge in [0.25, 0.3) is 0 Å². The number of para-hydroxylation sites is 1. The largest absolute Gasteiger partial charge is 0.271 e. The maximum Gasteiger partial charge on any atom is 0.0750 e. The average Bonchev–Trinajstić information content (AvgIpc) is 2.44. The van der Waals surface area contributed by atoms with Gasteiger partial charge in [-0.15, -0.1) is 0 Å². The molecule has 0 aliphatic rings. The lowest BCUT2D eigenvalue weighted by Crippen LogP contribution is -2.33. The number of pyridine rings is 1. The number of hydrogen-bond donors (Lipinski definition) is 2. The second-order valence-electron chi connectivity index (χ2n) is 4.64. The molecule has 0 fully saturated rings. The highest BCUT2D eigenvalue weighted by Crippen LogP contribution is 2.30. The second-order valence-corrected chi connectivity index (χ2v) is 4.64. The zero-order valence-electron chi connectivity index (χ0n) is 11.1. The zero-order valence-corrected chi connectivity index (χ0v) is 11.1. The van der Waals surface area contributed by atoms with Gasteiger partial charge in [-0.1, -0.05) is 51.0 Å². The molecule has 2 aromatic rings. The Bertz CT molecular complexity index is 501. The minimum Gasteiger partial charge on any atom is -0.271 e. The Hall–Kier alpha value is -1.45. The SMILES string of the molecule is CCC(CC)C(NN)c1cccc2cccnc12. The number of rotatable bonds is 5. The number of nitrogens with zero attached hydrogens (tertiary/aromatic N) is 1. The molecule has 1 atom stereocenters. The van der Waals surface area contributed by atoms with Gasteiger partial charge in [-0.25, -0.2) is 0 Å². The van der Waals surface area contributed by atoms with Gasteiger partial charge in [-0.3, -0.25) is 16.3 Å². The van der Waals surface area contributed by atoms with Crippen LogP contribution in [-0.2, 0) is 0 Å². The van der Waals surface area contributed by atoms with E-state index in [4.69, 9.17) is 5.84 Å². The first-order valence-electron chi connectivity index (χ1n) is 6.61. The number of fused-ring (bicyclic) bond motifs is 1. The molecular weight excluding hydrogens is 222 g/mol. The number of hydrogen-bond acceptors (Lipinski definition) is 3. The van der Waals surface area contributed by atoms with Crippen molar-refractivity contribution in [1.29, 1.82) is 0 Å². The molecule has 1 aromatic heterocycles. The quantitative estimate of drug-likeness (QED) is 0.626. The van der Waals surface area contributed by atoms with Crippen LogP contribution in [0.2, 0.25) is 0 Å². The standard InChI is InChI=1S/C15H21N3/c1-3-11(4-2)15(18-16)13-9-5-7-12-8-6-10-17-14(12)13/h5-11,15,18H,3-4,16H2,1-2H3. The van der Waals surface area contributed by atoms with Crippen molar-refractivity contribution in [3.05, 3.63) is 42.1 Å². The molecule has 0 aliphatic heterocycles. The van der Waals surface area contributed by atoms with Crippen molar-refractivity contribution in [3.63, 3.8) is 0 Å². The molecule has 3 N–H and O–H groups in total. The fourth-order valence-corrected chi connectivity index (χ4v) is 2.62. The van der Waals surface area contributed by atoms with Crippen molar-refractivity contribution in [2.75, 3.05) is 0 Å². The van der Waals surface area contributed by atoms with Crippen LogP contribution < -0.4 is 11.3 Å². The van der Waals surface area contributed by atoms with E-state index < -0.39 is 0 Å². The van der Waals surface area contributed by atoms with Gasteiger partial charge in [-0.2, -0.15) is 0 Å². The predicted octanol–water partition coefficient (Wildman–Crippen LogP) is 3.18. The molecule has 0 aliphatic carbocycles.